The third kappa shape index (κ3) is 4.49. The van der Waals surface area contributed by atoms with E-state index in [1.807, 2.05) is 24.3 Å². The van der Waals surface area contributed by atoms with Crippen molar-refractivity contribution in [1.29, 1.82) is 0 Å². The van der Waals surface area contributed by atoms with Crippen LogP contribution in [0.3, 0.4) is 0 Å². The largest absolute Gasteiger partial charge is 0.496 e. The fourth-order valence-electron chi connectivity index (χ4n) is 2.98. The molecule has 146 valence electrons. The van der Waals surface area contributed by atoms with Crippen LogP contribution in [0.4, 0.5) is 5.69 Å². The lowest BCUT2D eigenvalue weighted by Gasteiger charge is -2.09. The predicted octanol–water partition coefficient (Wildman–Crippen LogP) is 2.37. The van der Waals surface area contributed by atoms with E-state index in [1.54, 1.807) is 31.4 Å². The van der Waals surface area contributed by atoms with Crippen molar-refractivity contribution >= 4 is 23.5 Å². The van der Waals surface area contributed by atoms with E-state index in [9.17, 15) is 14.4 Å². The number of hydrogen-bond donors (Lipinski definition) is 2. The van der Waals surface area contributed by atoms with Crippen LogP contribution < -0.4 is 15.4 Å². The summed E-state index contributed by atoms with van der Waals surface area (Å²) in [5.74, 6) is -0.757. The molecule has 2 amide bonds. The van der Waals surface area contributed by atoms with Crippen molar-refractivity contribution < 1.29 is 23.9 Å². The minimum Gasteiger partial charge on any atom is -0.496 e. The number of amides is 2. The van der Waals surface area contributed by atoms with Gasteiger partial charge >= 0.3 is 5.97 Å². The zero-order valence-electron chi connectivity index (χ0n) is 15.7. The molecule has 2 N–H and O–H groups in total. The third-order valence-corrected chi connectivity index (χ3v) is 4.68. The molecule has 28 heavy (non-hydrogen) atoms. The zero-order chi connectivity index (χ0) is 20.1. The Morgan fingerprint density at radius 3 is 2.32 bits per heavy atom. The number of nitrogens with one attached hydrogen (secondary N) is 2. The van der Waals surface area contributed by atoms with Gasteiger partial charge in [-0.05, 0) is 36.8 Å². The Morgan fingerprint density at radius 1 is 0.964 bits per heavy atom. The Kier molecular flexibility index (Phi) is 5.93. The summed E-state index contributed by atoms with van der Waals surface area (Å²) in [6.45, 7) is 0.350. The maximum atomic E-state index is 12.3. The van der Waals surface area contributed by atoms with Crippen LogP contribution in [0.25, 0.3) is 0 Å². The highest BCUT2D eigenvalue weighted by atomic mass is 16.5. The smallest absolute Gasteiger partial charge is 0.337 e. The van der Waals surface area contributed by atoms with Crippen molar-refractivity contribution in [2.45, 2.75) is 13.0 Å². The number of hydrogen-bond acceptors (Lipinski definition) is 5. The summed E-state index contributed by atoms with van der Waals surface area (Å²) in [5, 5.41) is 5.63. The van der Waals surface area contributed by atoms with Crippen molar-refractivity contribution in [1.82, 2.24) is 5.32 Å². The highest BCUT2D eigenvalue weighted by molar-refractivity contribution is 5.99. The van der Waals surface area contributed by atoms with E-state index in [-0.39, 0.29) is 23.7 Å². The van der Waals surface area contributed by atoms with E-state index in [2.05, 4.69) is 15.4 Å². The fourth-order valence-corrected chi connectivity index (χ4v) is 2.98. The summed E-state index contributed by atoms with van der Waals surface area (Å²) in [6.07, 6.45) is 0.518. The number of anilines is 1. The standard InChI is InChI=1S/C21H22N2O5/c1-27-18-6-4-3-5-14(18)12-22-19(24)16-11-17(16)20(25)23-15-9-7-13(8-10-15)21(26)28-2/h3-10,16-17H,11-12H2,1-2H3,(H,22,24)(H,23,25). The first-order valence-electron chi connectivity index (χ1n) is 8.92. The SMILES string of the molecule is COC(=O)c1ccc(NC(=O)C2CC2C(=O)NCc2ccccc2OC)cc1. The zero-order valence-corrected chi connectivity index (χ0v) is 15.7. The van der Waals surface area contributed by atoms with E-state index in [0.29, 0.717) is 30.0 Å². The maximum Gasteiger partial charge on any atom is 0.337 e. The minimum absolute atomic E-state index is 0.146. The van der Waals surface area contributed by atoms with Crippen molar-refractivity contribution in [3.8, 4) is 5.75 Å². The highest BCUT2D eigenvalue weighted by Gasteiger charge is 2.47. The molecule has 3 rings (SSSR count). The monoisotopic (exact) mass is 382 g/mol. The molecule has 7 nitrogen and oxygen atoms in total. The molecule has 1 aliphatic rings. The first-order valence-corrected chi connectivity index (χ1v) is 8.92. The van der Waals surface area contributed by atoms with E-state index in [1.165, 1.54) is 7.11 Å². The second kappa shape index (κ2) is 8.56. The Balaban J connectivity index is 1.49. The van der Waals surface area contributed by atoms with Crippen LogP contribution in [0.2, 0.25) is 0 Å². The lowest BCUT2D eigenvalue weighted by molar-refractivity contribution is -0.125. The molecule has 0 aromatic heterocycles. The molecule has 0 heterocycles. The number of carbonyl (C=O) groups is 3. The molecule has 2 unspecified atom stereocenters. The number of methoxy groups -OCH3 is 2. The summed E-state index contributed by atoms with van der Waals surface area (Å²) in [5.41, 5.74) is 1.85. The van der Waals surface area contributed by atoms with Gasteiger partial charge in [0.25, 0.3) is 0 Å². The number of ether oxygens (including phenoxy) is 2. The van der Waals surface area contributed by atoms with E-state index in [0.717, 1.165) is 5.56 Å². The summed E-state index contributed by atoms with van der Waals surface area (Å²) in [7, 11) is 2.89. The molecule has 2 atom stereocenters. The van der Waals surface area contributed by atoms with Gasteiger partial charge in [0.2, 0.25) is 11.8 Å². The fraction of sp³-hybridized carbons (Fsp3) is 0.286. The number of carbonyl (C=O) groups excluding carboxylic acids is 3. The van der Waals surface area contributed by atoms with Gasteiger partial charge in [-0.3, -0.25) is 9.59 Å². The van der Waals surface area contributed by atoms with Gasteiger partial charge < -0.3 is 20.1 Å². The molecule has 0 radical (unpaired) electrons. The summed E-state index contributed by atoms with van der Waals surface area (Å²) in [4.78, 5) is 36.1. The van der Waals surface area contributed by atoms with Crippen molar-refractivity contribution in [2.75, 3.05) is 19.5 Å². The lowest BCUT2D eigenvalue weighted by atomic mass is 10.2. The van der Waals surface area contributed by atoms with Crippen molar-refractivity contribution in [2.24, 2.45) is 11.8 Å². The van der Waals surface area contributed by atoms with E-state index >= 15 is 0 Å². The van der Waals surface area contributed by atoms with Gasteiger partial charge in [-0.1, -0.05) is 18.2 Å². The van der Waals surface area contributed by atoms with Gasteiger partial charge in [-0.15, -0.1) is 0 Å². The summed E-state index contributed by atoms with van der Waals surface area (Å²) < 4.78 is 9.90. The Hall–Kier alpha value is -3.35. The molecule has 0 saturated heterocycles. The quantitative estimate of drug-likeness (QED) is 0.717. The Bertz CT molecular complexity index is 879. The van der Waals surface area contributed by atoms with Crippen molar-refractivity contribution in [3.05, 3.63) is 59.7 Å². The average Bonchev–Trinajstić information content (AvgIpc) is 3.53. The van der Waals surface area contributed by atoms with Gasteiger partial charge in [0.05, 0.1) is 31.6 Å². The minimum atomic E-state index is -0.438. The number of benzene rings is 2. The molecule has 0 bridgehead atoms. The topological polar surface area (TPSA) is 93.7 Å². The van der Waals surface area contributed by atoms with Gasteiger partial charge in [-0.2, -0.15) is 0 Å². The molecule has 0 spiro atoms. The van der Waals surface area contributed by atoms with Crippen LogP contribution in [-0.4, -0.2) is 32.0 Å². The van der Waals surface area contributed by atoms with E-state index in [4.69, 9.17) is 4.74 Å². The summed E-state index contributed by atoms with van der Waals surface area (Å²) in [6, 6.07) is 13.9. The van der Waals surface area contributed by atoms with E-state index < -0.39 is 5.97 Å². The normalized spacial score (nSPS) is 17.4. The van der Waals surface area contributed by atoms with Crippen LogP contribution in [0.15, 0.2) is 48.5 Å². The predicted molar refractivity (Wildman–Crippen MR) is 103 cm³/mol. The Labute approximate surface area is 163 Å². The number of esters is 1. The second-order valence-electron chi connectivity index (χ2n) is 6.54. The molecule has 1 fully saturated rings. The first-order chi connectivity index (χ1) is 13.5. The first kappa shape index (κ1) is 19.4. The molecular weight excluding hydrogens is 360 g/mol. The summed E-state index contributed by atoms with van der Waals surface area (Å²) >= 11 is 0. The van der Waals surface area contributed by atoms with Gasteiger partial charge in [0.15, 0.2) is 0 Å². The Morgan fingerprint density at radius 2 is 1.64 bits per heavy atom. The third-order valence-electron chi connectivity index (χ3n) is 4.68. The molecule has 2 aromatic rings. The maximum absolute atomic E-state index is 12.3. The van der Waals surface area contributed by atoms with Gasteiger partial charge in [0, 0.05) is 17.8 Å². The molecule has 0 aliphatic heterocycles. The van der Waals surface area contributed by atoms with Crippen LogP contribution in [0, 0.1) is 11.8 Å². The van der Waals surface area contributed by atoms with Gasteiger partial charge in [0.1, 0.15) is 5.75 Å². The molecule has 2 aromatic carbocycles. The van der Waals surface area contributed by atoms with Crippen LogP contribution in [0.1, 0.15) is 22.3 Å². The molecule has 1 saturated carbocycles. The van der Waals surface area contributed by atoms with Crippen LogP contribution in [-0.2, 0) is 20.9 Å². The van der Waals surface area contributed by atoms with Crippen LogP contribution in [0.5, 0.6) is 5.75 Å². The molecular formula is C21H22N2O5. The highest BCUT2D eigenvalue weighted by Crippen LogP contribution is 2.39. The second-order valence-corrected chi connectivity index (χ2v) is 6.54. The van der Waals surface area contributed by atoms with Crippen molar-refractivity contribution in [3.63, 3.8) is 0 Å². The van der Waals surface area contributed by atoms with Gasteiger partial charge in [-0.25, -0.2) is 4.79 Å². The number of para-hydroxylation sites is 1. The average molecular weight is 382 g/mol. The molecule has 7 heteroatoms. The number of rotatable bonds is 7. The van der Waals surface area contributed by atoms with Crippen LogP contribution >= 0.6 is 0 Å². The molecule has 1 aliphatic carbocycles. The lowest BCUT2D eigenvalue weighted by Crippen LogP contribution is -2.27.